The zero-order chi connectivity index (χ0) is 16.2. The van der Waals surface area contributed by atoms with E-state index in [4.69, 9.17) is 16.1 Å². The number of benzene rings is 1. The minimum atomic E-state index is -0.483. The molecule has 1 saturated carbocycles. The maximum absolute atomic E-state index is 13.9. The van der Waals surface area contributed by atoms with Gasteiger partial charge in [0, 0.05) is 23.6 Å². The van der Waals surface area contributed by atoms with Gasteiger partial charge in [-0.15, -0.1) is 0 Å². The lowest BCUT2D eigenvalue weighted by atomic mass is 9.87. The first-order valence-electron chi connectivity index (χ1n) is 8.13. The molecule has 23 heavy (non-hydrogen) atoms. The van der Waals surface area contributed by atoms with Crippen LogP contribution in [0.15, 0.2) is 27.5 Å². The Hall–Kier alpha value is -1.62. The Kier molecular flexibility index (Phi) is 5.16. The van der Waals surface area contributed by atoms with E-state index in [9.17, 15) is 9.18 Å². The molecule has 4 nitrogen and oxygen atoms in total. The Morgan fingerprint density at radius 1 is 1.30 bits per heavy atom. The first-order chi connectivity index (χ1) is 11.1. The van der Waals surface area contributed by atoms with E-state index < -0.39 is 11.6 Å². The molecule has 6 heteroatoms. The first-order valence-corrected chi connectivity index (χ1v) is 8.51. The second kappa shape index (κ2) is 7.30. The van der Waals surface area contributed by atoms with Gasteiger partial charge in [-0.2, -0.15) is 0 Å². The molecular weight excluding hydrogens is 319 g/mol. The smallest absolute Gasteiger partial charge is 0.296 e. The van der Waals surface area contributed by atoms with Crippen LogP contribution in [0.1, 0.15) is 49.9 Å². The lowest BCUT2D eigenvalue weighted by Crippen LogP contribution is -2.20. The zero-order valence-electron chi connectivity index (χ0n) is 12.9. The monoisotopic (exact) mass is 338 g/mol. The van der Waals surface area contributed by atoms with Crippen LogP contribution in [-0.2, 0) is 13.0 Å². The van der Waals surface area contributed by atoms with E-state index in [1.165, 1.54) is 42.7 Å². The SMILES string of the molecule is O=c1onc(Cc2c(F)cccc2Cl)n1CCC1CCCCC1. The Morgan fingerprint density at radius 3 is 2.83 bits per heavy atom. The number of hydrogen-bond acceptors (Lipinski definition) is 3. The van der Waals surface area contributed by atoms with Crippen LogP contribution in [0.5, 0.6) is 0 Å². The molecule has 0 N–H and O–H groups in total. The Morgan fingerprint density at radius 2 is 2.09 bits per heavy atom. The number of rotatable bonds is 5. The highest BCUT2D eigenvalue weighted by molar-refractivity contribution is 6.31. The van der Waals surface area contributed by atoms with Crippen LogP contribution in [-0.4, -0.2) is 9.72 Å². The van der Waals surface area contributed by atoms with Crippen molar-refractivity contribution < 1.29 is 8.91 Å². The van der Waals surface area contributed by atoms with Crippen LogP contribution in [0.2, 0.25) is 5.02 Å². The fourth-order valence-corrected chi connectivity index (χ4v) is 3.52. The van der Waals surface area contributed by atoms with E-state index in [1.807, 2.05) is 0 Å². The zero-order valence-corrected chi connectivity index (χ0v) is 13.7. The summed E-state index contributed by atoms with van der Waals surface area (Å²) in [5.74, 6) is 0.198. The highest BCUT2D eigenvalue weighted by Crippen LogP contribution is 2.27. The lowest BCUT2D eigenvalue weighted by molar-refractivity contribution is 0.316. The van der Waals surface area contributed by atoms with Gasteiger partial charge in [0.25, 0.3) is 0 Å². The number of aromatic nitrogens is 2. The summed E-state index contributed by atoms with van der Waals surface area (Å²) in [5, 5.41) is 4.14. The van der Waals surface area contributed by atoms with Gasteiger partial charge in [0.05, 0.1) is 0 Å². The van der Waals surface area contributed by atoms with E-state index in [2.05, 4.69) is 5.16 Å². The van der Waals surface area contributed by atoms with Crippen molar-refractivity contribution in [1.82, 2.24) is 9.72 Å². The van der Waals surface area contributed by atoms with Gasteiger partial charge in [-0.25, -0.2) is 9.18 Å². The third-order valence-corrected chi connectivity index (χ3v) is 5.00. The predicted molar refractivity (Wildman–Crippen MR) is 86.2 cm³/mol. The molecular formula is C17H20ClFN2O2. The van der Waals surface area contributed by atoms with E-state index in [0.29, 0.717) is 28.9 Å². The Balaban J connectivity index is 1.74. The predicted octanol–water partition coefficient (Wildman–Crippen LogP) is 4.19. The summed E-state index contributed by atoms with van der Waals surface area (Å²) in [6, 6.07) is 4.54. The van der Waals surface area contributed by atoms with Gasteiger partial charge in [-0.3, -0.25) is 9.09 Å². The van der Waals surface area contributed by atoms with E-state index in [0.717, 1.165) is 6.42 Å². The van der Waals surface area contributed by atoms with Crippen molar-refractivity contribution >= 4 is 11.6 Å². The van der Waals surface area contributed by atoms with Crippen LogP contribution in [0.4, 0.5) is 4.39 Å². The minimum Gasteiger partial charge on any atom is -0.296 e. The summed E-state index contributed by atoms with van der Waals surface area (Å²) in [6.07, 6.45) is 7.35. The molecule has 0 aliphatic heterocycles. The van der Waals surface area contributed by atoms with Crippen LogP contribution < -0.4 is 5.76 Å². The average Bonchev–Trinajstić information content (AvgIpc) is 2.90. The van der Waals surface area contributed by atoms with Crippen LogP contribution >= 0.6 is 11.6 Å². The maximum Gasteiger partial charge on any atom is 0.441 e. The molecule has 0 amide bonds. The standard InChI is InChI=1S/C17H20ClFN2O2/c18-14-7-4-8-15(19)13(14)11-16-20-23-17(22)21(16)10-9-12-5-2-1-3-6-12/h4,7-8,12H,1-3,5-6,9-11H2. The summed E-state index contributed by atoms with van der Waals surface area (Å²) in [6.45, 7) is 0.564. The third kappa shape index (κ3) is 3.83. The van der Waals surface area contributed by atoms with Gasteiger partial charge >= 0.3 is 5.76 Å². The van der Waals surface area contributed by atoms with Crippen molar-refractivity contribution in [2.45, 2.75) is 51.5 Å². The molecule has 124 valence electrons. The molecule has 1 fully saturated rings. The average molecular weight is 339 g/mol. The number of hydrogen-bond donors (Lipinski definition) is 0. The topological polar surface area (TPSA) is 48.0 Å². The summed E-state index contributed by atoms with van der Waals surface area (Å²) in [4.78, 5) is 11.9. The number of nitrogens with zero attached hydrogens (tertiary/aromatic N) is 2. The Bertz CT molecular complexity index is 699. The molecule has 1 aromatic carbocycles. The second-order valence-corrected chi connectivity index (χ2v) is 6.59. The quantitative estimate of drug-likeness (QED) is 0.821. The van der Waals surface area contributed by atoms with Gasteiger partial charge in [0.2, 0.25) is 0 Å². The molecule has 2 aromatic rings. The normalized spacial score (nSPS) is 15.9. The number of halogens is 2. The largest absolute Gasteiger partial charge is 0.441 e. The fourth-order valence-electron chi connectivity index (χ4n) is 3.29. The first kappa shape index (κ1) is 16.2. The van der Waals surface area contributed by atoms with Gasteiger partial charge in [-0.05, 0) is 24.5 Å². The van der Waals surface area contributed by atoms with Gasteiger partial charge < -0.3 is 0 Å². The molecule has 1 aliphatic carbocycles. The van der Waals surface area contributed by atoms with Crippen molar-refractivity contribution in [3.05, 3.63) is 51.0 Å². The molecule has 0 atom stereocenters. The molecule has 0 spiro atoms. The lowest BCUT2D eigenvalue weighted by Gasteiger charge is -2.21. The van der Waals surface area contributed by atoms with Crippen molar-refractivity contribution in [3.63, 3.8) is 0 Å². The molecule has 0 bridgehead atoms. The molecule has 1 aromatic heterocycles. The highest BCUT2D eigenvalue weighted by Gasteiger charge is 2.18. The summed E-state index contributed by atoms with van der Waals surface area (Å²) in [5.41, 5.74) is 0.342. The second-order valence-electron chi connectivity index (χ2n) is 6.19. The summed E-state index contributed by atoms with van der Waals surface area (Å²) in [7, 11) is 0. The van der Waals surface area contributed by atoms with Crippen LogP contribution in [0.3, 0.4) is 0 Å². The summed E-state index contributed by atoms with van der Waals surface area (Å²) >= 11 is 6.05. The van der Waals surface area contributed by atoms with E-state index >= 15 is 0 Å². The minimum absolute atomic E-state index is 0.155. The van der Waals surface area contributed by atoms with E-state index in [-0.39, 0.29) is 6.42 Å². The van der Waals surface area contributed by atoms with Crippen molar-refractivity contribution in [3.8, 4) is 0 Å². The molecule has 1 heterocycles. The van der Waals surface area contributed by atoms with Gasteiger partial charge in [0.15, 0.2) is 5.82 Å². The van der Waals surface area contributed by atoms with Crippen LogP contribution in [0, 0.1) is 11.7 Å². The maximum atomic E-state index is 13.9. The molecule has 3 rings (SSSR count). The Labute approximate surface area is 139 Å². The third-order valence-electron chi connectivity index (χ3n) is 4.64. The molecule has 1 aliphatic rings. The molecule has 0 unspecified atom stereocenters. The molecule has 0 saturated heterocycles. The van der Waals surface area contributed by atoms with Crippen molar-refractivity contribution in [2.75, 3.05) is 0 Å². The van der Waals surface area contributed by atoms with Crippen LogP contribution in [0.25, 0.3) is 0 Å². The van der Waals surface area contributed by atoms with Crippen molar-refractivity contribution in [1.29, 1.82) is 0 Å². The summed E-state index contributed by atoms with van der Waals surface area (Å²) < 4.78 is 20.2. The van der Waals surface area contributed by atoms with Crippen molar-refractivity contribution in [2.24, 2.45) is 5.92 Å². The fraction of sp³-hybridized carbons (Fsp3) is 0.529. The van der Waals surface area contributed by atoms with E-state index in [1.54, 1.807) is 12.1 Å². The molecule has 0 radical (unpaired) electrons. The highest BCUT2D eigenvalue weighted by atomic mass is 35.5. The van der Waals surface area contributed by atoms with Gasteiger partial charge in [0.1, 0.15) is 5.82 Å². The van der Waals surface area contributed by atoms with Gasteiger partial charge in [-0.1, -0.05) is 54.9 Å².